The maximum Gasteiger partial charge on any atom is 0.320 e. The first-order valence-electron chi connectivity index (χ1n) is 4.91. The third kappa shape index (κ3) is 3.01. The van der Waals surface area contributed by atoms with Crippen molar-refractivity contribution in [2.45, 2.75) is 12.5 Å². The fourth-order valence-corrected chi connectivity index (χ4v) is 1.43. The highest BCUT2D eigenvalue weighted by Gasteiger charge is 2.17. The Balaban J connectivity index is 3.06. The van der Waals surface area contributed by atoms with Crippen molar-refractivity contribution in [1.82, 2.24) is 0 Å². The average Bonchev–Trinajstić information content (AvgIpc) is 2.29. The summed E-state index contributed by atoms with van der Waals surface area (Å²) in [4.78, 5) is 10.7. The molecule has 1 rings (SSSR count). The second-order valence-electron chi connectivity index (χ2n) is 3.48. The molecule has 0 aliphatic carbocycles. The van der Waals surface area contributed by atoms with Gasteiger partial charge >= 0.3 is 5.97 Å². The van der Waals surface area contributed by atoms with E-state index in [0.717, 1.165) is 0 Å². The van der Waals surface area contributed by atoms with Crippen molar-refractivity contribution in [3.8, 4) is 17.2 Å². The molecule has 4 N–H and O–H groups in total. The van der Waals surface area contributed by atoms with E-state index in [1.165, 1.54) is 26.4 Å². The molecule has 0 aromatic heterocycles. The summed E-state index contributed by atoms with van der Waals surface area (Å²) in [5.41, 5.74) is 5.94. The number of phenolic OH excluding ortho intramolecular Hbond substituents is 1. The van der Waals surface area contributed by atoms with E-state index in [1.807, 2.05) is 0 Å². The molecule has 0 fully saturated rings. The number of carbonyl (C=O) groups is 1. The number of aromatic hydroxyl groups is 1. The van der Waals surface area contributed by atoms with Crippen molar-refractivity contribution < 1.29 is 24.5 Å². The molecule has 0 aliphatic heterocycles. The number of carboxylic acid groups (broad SMARTS) is 1. The van der Waals surface area contributed by atoms with Crippen molar-refractivity contribution in [2.24, 2.45) is 5.73 Å². The number of ether oxygens (including phenoxy) is 2. The summed E-state index contributed by atoms with van der Waals surface area (Å²) in [6.45, 7) is 0. The fraction of sp³-hybridized carbons (Fsp3) is 0.364. The molecule has 0 amide bonds. The van der Waals surface area contributed by atoms with Gasteiger partial charge in [-0.2, -0.15) is 0 Å². The van der Waals surface area contributed by atoms with Crippen LogP contribution in [0.1, 0.15) is 5.56 Å². The summed E-state index contributed by atoms with van der Waals surface area (Å²) in [5.74, 6) is -0.505. The van der Waals surface area contributed by atoms with Crippen molar-refractivity contribution in [1.29, 1.82) is 0 Å². The van der Waals surface area contributed by atoms with E-state index in [4.69, 9.17) is 20.3 Å². The molecule has 0 heterocycles. The van der Waals surface area contributed by atoms with E-state index in [-0.39, 0.29) is 17.9 Å². The second kappa shape index (κ2) is 5.40. The molecule has 6 heteroatoms. The number of hydrogen-bond acceptors (Lipinski definition) is 5. The molecular formula is C11H15NO5. The summed E-state index contributed by atoms with van der Waals surface area (Å²) < 4.78 is 10.0. The summed E-state index contributed by atoms with van der Waals surface area (Å²) >= 11 is 0. The maximum atomic E-state index is 10.7. The lowest BCUT2D eigenvalue weighted by Crippen LogP contribution is -2.32. The molecule has 1 atom stereocenters. The monoisotopic (exact) mass is 241 g/mol. The number of rotatable bonds is 5. The van der Waals surface area contributed by atoms with E-state index in [0.29, 0.717) is 11.3 Å². The van der Waals surface area contributed by atoms with Crippen LogP contribution in [-0.2, 0) is 11.2 Å². The van der Waals surface area contributed by atoms with Crippen LogP contribution in [0.25, 0.3) is 0 Å². The predicted molar refractivity (Wildman–Crippen MR) is 60.5 cm³/mol. The van der Waals surface area contributed by atoms with Crippen LogP contribution in [0.3, 0.4) is 0 Å². The molecule has 0 saturated heterocycles. The Hall–Kier alpha value is -1.95. The van der Waals surface area contributed by atoms with Gasteiger partial charge in [0.2, 0.25) is 0 Å². The lowest BCUT2D eigenvalue weighted by molar-refractivity contribution is -0.138. The molecule has 17 heavy (non-hydrogen) atoms. The first kappa shape index (κ1) is 13.1. The van der Waals surface area contributed by atoms with Crippen LogP contribution in [0.5, 0.6) is 17.2 Å². The van der Waals surface area contributed by atoms with Gasteiger partial charge in [-0.25, -0.2) is 0 Å². The molecule has 94 valence electrons. The van der Waals surface area contributed by atoms with Gasteiger partial charge in [0.1, 0.15) is 11.8 Å². The third-order valence-corrected chi connectivity index (χ3v) is 2.34. The number of nitrogens with two attached hydrogens (primary N) is 1. The molecular weight excluding hydrogens is 226 g/mol. The predicted octanol–water partition coefficient (Wildman–Crippen LogP) is 0.364. The number of benzene rings is 1. The highest BCUT2D eigenvalue weighted by molar-refractivity contribution is 5.73. The van der Waals surface area contributed by atoms with Gasteiger partial charge in [0.05, 0.1) is 14.2 Å². The zero-order valence-corrected chi connectivity index (χ0v) is 9.64. The molecule has 0 aliphatic rings. The number of phenols is 1. The van der Waals surface area contributed by atoms with Gasteiger partial charge in [0.25, 0.3) is 0 Å². The molecule has 1 aromatic rings. The van der Waals surface area contributed by atoms with Crippen LogP contribution in [0.15, 0.2) is 12.1 Å². The van der Waals surface area contributed by atoms with Crippen molar-refractivity contribution in [3.05, 3.63) is 17.7 Å². The Labute approximate surface area is 98.6 Å². The highest BCUT2D eigenvalue weighted by Crippen LogP contribution is 2.34. The number of hydrogen-bond donors (Lipinski definition) is 3. The van der Waals surface area contributed by atoms with Gasteiger partial charge < -0.3 is 25.4 Å². The Bertz CT molecular complexity index is 419. The molecule has 0 spiro atoms. The minimum absolute atomic E-state index is 0.0655. The Morgan fingerprint density at radius 3 is 2.41 bits per heavy atom. The standard InChI is InChI=1S/C11H15NO5/c1-16-9-5-10(17-2)8(13)4-6(9)3-7(12)11(14)15/h4-5,7,13H,3,12H2,1-2H3,(H,14,15). The summed E-state index contributed by atoms with van der Waals surface area (Å²) in [7, 11) is 2.86. The van der Waals surface area contributed by atoms with Crippen molar-refractivity contribution in [3.63, 3.8) is 0 Å². The van der Waals surface area contributed by atoms with E-state index < -0.39 is 12.0 Å². The summed E-state index contributed by atoms with van der Waals surface area (Å²) in [5, 5.41) is 18.3. The maximum absolute atomic E-state index is 10.7. The van der Waals surface area contributed by atoms with E-state index in [1.54, 1.807) is 0 Å². The molecule has 1 aromatic carbocycles. The van der Waals surface area contributed by atoms with Crippen LogP contribution < -0.4 is 15.2 Å². The Kier molecular flexibility index (Phi) is 4.17. The largest absolute Gasteiger partial charge is 0.504 e. The highest BCUT2D eigenvalue weighted by atomic mass is 16.5. The molecule has 6 nitrogen and oxygen atoms in total. The molecule has 0 radical (unpaired) electrons. The van der Waals surface area contributed by atoms with Gasteiger partial charge in [-0.05, 0) is 6.07 Å². The summed E-state index contributed by atoms with van der Waals surface area (Å²) in [6.07, 6.45) is 0.0655. The normalized spacial score (nSPS) is 11.9. The molecule has 0 saturated carbocycles. The third-order valence-electron chi connectivity index (χ3n) is 2.34. The van der Waals surface area contributed by atoms with E-state index >= 15 is 0 Å². The fourth-order valence-electron chi connectivity index (χ4n) is 1.43. The quantitative estimate of drug-likeness (QED) is 0.688. The lowest BCUT2D eigenvalue weighted by atomic mass is 10.0. The van der Waals surface area contributed by atoms with Crippen LogP contribution in [-0.4, -0.2) is 36.4 Å². The zero-order valence-electron chi connectivity index (χ0n) is 9.64. The van der Waals surface area contributed by atoms with Gasteiger partial charge in [0, 0.05) is 18.1 Å². The van der Waals surface area contributed by atoms with Gasteiger partial charge in [0.15, 0.2) is 11.5 Å². The second-order valence-corrected chi connectivity index (χ2v) is 3.48. The Morgan fingerprint density at radius 2 is 1.94 bits per heavy atom. The summed E-state index contributed by atoms with van der Waals surface area (Å²) in [6, 6.07) is 1.83. The van der Waals surface area contributed by atoms with Crippen molar-refractivity contribution in [2.75, 3.05) is 14.2 Å². The van der Waals surface area contributed by atoms with Crippen LogP contribution >= 0.6 is 0 Å². The smallest absolute Gasteiger partial charge is 0.320 e. The topological polar surface area (TPSA) is 102 Å². The van der Waals surface area contributed by atoms with Crippen molar-refractivity contribution >= 4 is 5.97 Å². The zero-order chi connectivity index (χ0) is 13.0. The first-order chi connectivity index (χ1) is 7.99. The SMILES string of the molecule is COc1cc(OC)c(CC(N)C(=O)O)cc1O. The van der Waals surface area contributed by atoms with Crippen LogP contribution in [0, 0.1) is 0 Å². The van der Waals surface area contributed by atoms with Gasteiger partial charge in [-0.15, -0.1) is 0 Å². The van der Waals surface area contributed by atoms with Gasteiger partial charge in [-0.3, -0.25) is 4.79 Å². The van der Waals surface area contributed by atoms with Crippen LogP contribution in [0.2, 0.25) is 0 Å². The number of carboxylic acids is 1. The Morgan fingerprint density at radius 1 is 1.35 bits per heavy atom. The van der Waals surface area contributed by atoms with Gasteiger partial charge in [-0.1, -0.05) is 0 Å². The number of methoxy groups -OCH3 is 2. The van der Waals surface area contributed by atoms with E-state index in [2.05, 4.69) is 0 Å². The average molecular weight is 241 g/mol. The first-order valence-corrected chi connectivity index (χ1v) is 4.91. The molecule has 0 bridgehead atoms. The van der Waals surface area contributed by atoms with E-state index in [9.17, 15) is 9.90 Å². The minimum Gasteiger partial charge on any atom is -0.504 e. The lowest BCUT2D eigenvalue weighted by Gasteiger charge is -2.13. The van der Waals surface area contributed by atoms with Crippen LogP contribution in [0.4, 0.5) is 0 Å². The minimum atomic E-state index is -1.11. The molecule has 1 unspecified atom stereocenters. The number of aliphatic carboxylic acids is 1.